The average Bonchev–Trinajstić information content (AvgIpc) is 3.16. The summed E-state index contributed by atoms with van der Waals surface area (Å²) in [6, 6.07) is 10.3. The first-order chi connectivity index (χ1) is 14.1. The summed E-state index contributed by atoms with van der Waals surface area (Å²) in [4.78, 5) is 30.1. The van der Waals surface area contributed by atoms with Gasteiger partial charge in [-0.1, -0.05) is 57.0 Å². The lowest BCUT2D eigenvalue weighted by Crippen LogP contribution is -2.54. The SMILES string of the molecule is CCCCC(CC)C(=O)N1CCC2(CC1)SCCN2C(=O)CCc1ccccc1. The van der Waals surface area contributed by atoms with Crippen LogP contribution in [0.4, 0.5) is 0 Å². The van der Waals surface area contributed by atoms with Crippen molar-refractivity contribution in [2.24, 2.45) is 5.92 Å². The number of rotatable bonds is 8. The second kappa shape index (κ2) is 10.5. The van der Waals surface area contributed by atoms with E-state index in [1.54, 1.807) is 0 Å². The molecule has 0 aliphatic carbocycles. The number of likely N-dealkylation sites (tertiary alicyclic amines) is 1. The molecule has 1 atom stereocenters. The first-order valence-corrected chi connectivity index (χ1v) is 12.4. The highest BCUT2D eigenvalue weighted by Crippen LogP contribution is 2.44. The van der Waals surface area contributed by atoms with Crippen LogP contribution >= 0.6 is 11.8 Å². The number of benzene rings is 1. The molecule has 160 valence electrons. The van der Waals surface area contributed by atoms with Crippen molar-refractivity contribution in [2.75, 3.05) is 25.4 Å². The topological polar surface area (TPSA) is 40.6 Å². The van der Waals surface area contributed by atoms with Crippen molar-refractivity contribution in [1.82, 2.24) is 9.80 Å². The Morgan fingerprint density at radius 1 is 1.10 bits per heavy atom. The summed E-state index contributed by atoms with van der Waals surface area (Å²) in [7, 11) is 0. The summed E-state index contributed by atoms with van der Waals surface area (Å²) in [5.41, 5.74) is 1.22. The molecule has 3 rings (SSSR count). The second-order valence-electron chi connectivity index (χ2n) is 8.40. The Balaban J connectivity index is 1.55. The summed E-state index contributed by atoms with van der Waals surface area (Å²) in [5, 5.41) is 0. The van der Waals surface area contributed by atoms with Crippen LogP contribution in [0, 0.1) is 5.92 Å². The molecule has 2 saturated heterocycles. The summed E-state index contributed by atoms with van der Waals surface area (Å²) in [5.74, 6) is 1.79. The third-order valence-electron chi connectivity index (χ3n) is 6.55. The molecular weight excluding hydrogens is 380 g/mol. The molecule has 2 aliphatic rings. The van der Waals surface area contributed by atoms with E-state index in [9.17, 15) is 9.59 Å². The van der Waals surface area contributed by atoms with Gasteiger partial charge in [0.05, 0.1) is 4.87 Å². The molecule has 0 bridgehead atoms. The van der Waals surface area contributed by atoms with Crippen molar-refractivity contribution in [1.29, 1.82) is 0 Å². The fraction of sp³-hybridized carbons (Fsp3) is 0.667. The highest BCUT2D eigenvalue weighted by atomic mass is 32.2. The lowest BCUT2D eigenvalue weighted by atomic mass is 9.95. The third kappa shape index (κ3) is 5.36. The highest BCUT2D eigenvalue weighted by Gasteiger charge is 2.46. The van der Waals surface area contributed by atoms with Gasteiger partial charge < -0.3 is 9.80 Å². The van der Waals surface area contributed by atoms with Gasteiger partial charge in [-0.2, -0.15) is 0 Å². The number of nitrogens with zero attached hydrogens (tertiary/aromatic N) is 2. The Hall–Kier alpha value is -1.49. The molecule has 0 radical (unpaired) electrons. The van der Waals surface area contributed by atoms with Crippen LogP contribution in [-0.2, 0) is 16.0 Å². The first-order valence-electron chi connectivity index (χ1n) is 11.4. The minimum atomic E-state index is -0.0876. The van der Waals surface area contributed by atoms with Gasteiger partial charge in [0.25, 0.3) is 0 Å². The smallest absolute Gasteiger partial charge is 0.225 e. The predicted molar refractivity (Wildman–Crippen MR) is 121 cm³/mol. The maximum atomic E-state index is 13.0. The van der Waals surface area contributed by atoms with E-state index in [1.807, 2.05) is 30.0 Å². The second-order valence-corrected chi connectivity index (χ2v) is 9.86. The number of hydrogen-bond donors (Lipinski definition) is 0. The van der Waals surface area contributed by atoms with E-state index in [0.29, 0.717) is 12.3 Å². The van der Waals surface area contributed by atoms with Crippen LogP contribution in [0.2, 0.25) is 0 Å². The average molecular weight is 417 g/mol. The molecule has 2 amide bonds. The van der Waals surface area contributed by atoms with Gasteiger partial charge in [-0.3, -0.25) is 9.59 Å². The van der Waals surface area contributed by atoms with Gasteiger partial charge in [0, 0.05) is 37.7 Å². The fourth-order valence-corrected chi connectivity index (χ4v) is 6.17. The van der Waals surface area contributed by atoms with Gasteiger partial charge >= 0.3 is 0 Å². The summed E-state index contributed by atoms with van der Waals surface area (Å²) < 4.78 is 0. The molecule has 1 aromatic rings. The van der Waals surface area contributed by atoms with Gasteiger partial charge in [0.15, 0.2) is 0 Å². The molecule has 0 aromatic heterocycles. The van der Waals surface area contributed by atoms with Crippen LogP contribution < -0.4 is 0 Å². The molecule has 0 N–H and O–H groups in total. The van der Waals surface area contributed by atoms with E-state index in [4.69, 9.17) is 0 Å². The molecule has 1 aromatic carbocycles. The monoisotopic (exact) mass is 416 g/mol. The number of thioether (sulfide) groups is 1. The quantitative estimate of drug-likeness (QED) is 0.615. The Labute approximate surface area is 180 Å². The standard InChI is InChI=1S/C24H36N2O2S/c1-3-5-11-21(4-2)23(28)25-16-14-24(15-17-25)26(18-19-29-24)22(27)13-12-20-9-7-6-8-10-20/h6-10,21H,3-5,11-19H2,1-2H3. The number of carbonyl (C=O) groups excluding carboxylic acids is 2. The number of hydrogen-bond acceptors (Lipinski definition) is 3. The number of piperidine rings is 1. The van der Waals surface area contributed by atoms with Gasteiger partial charge in [-0.05, 0) is 37.7 Å². The van der Waals surface area contributed by atoms with Crippen molar-refractivity contribution < 1.29 is 9.59 Å². The zero-order chi connectivity index (χ0) is 20.7. The minimum Gasteiger partial charge on any atom is -0.342 e. The lowest BCUT2D eigenvalue weighted by Gasteiger charge is -2.44. The Morgan fingerprint density at radius 3 is 2.48 bits per heavy atom. The summed E-state index contributed by atoms with van der Waals surface area (Å²) >= 11 is 1.93. The molecule has 29 heavy (non-hydrogen) atoms. The maximum absolute atomic E-state index is 13.0. The number of aryl methyl sites for hydroxylation is 1. The van der Waals surface area contributed by atoms with Crippen LogP contribution in [-0.4, -0.2) is 51.9 Å². The van der Waals surface area contributed by atoms with Crippen molar-refractivity contribution >= 4 is 23.6 Å². The van der Waals surface area contributed by atoms with Crippen LogP contribution in [0.1, 0.15) is 64.4 Å². The number of amides is 2. The van der Waals surface area contributed by atoms with Crippen molar-refractivity contribution in [2.45, 2.75) is 70.1 Å². The van der Waals surface area contributed by atoms with Crippen molar-refractivity contribution in [3.63, 3.8) is 0 Å². The molecule has 5 heteroatoms. The molecule has 1 unspecified atom stereocenters. The zero-order valence-electron chi connectivity index (χ0n) is 18.1. The molecule has 2 heterocycles. The van der Waals surface area contributed by atoms with E-state index in [-0.39, 0.29) is 16.7 Å². The highest BCUT2D eigenvalue weighted by molar-refractivity contribution is 8.00. The molecule has 1 spiro atoms. The van der Waals surface area contributed by atoms with Gasteiger partial charge in [-0.25, -0.2) is 0 Å². The van der Waals surface area contributed by atoms with E-state index in [1.165, 1.54) is 5.56 Å². The van der Waals surface area contributed by atoms with Gasteiger partial charge in [0.1, 0.15) is 0 Å². The van der Waals surface area contributed by atoms with Crippen LogP contribution in [0.15, 0.2) is 30.3 Å². The Kier molecular flexibility index (Phi) is 8.05. The van der Waals surface area contributed by atoms with Crippen molar-refractivity contribution in [3.05, 3.63) is 35.9 Å². The largest absolute Gasteiger partial charge is 0.342 e. The van der Waals surface area contributed by atoms with Crippen LogP contribution in [0.5, 0.6) is 0 Å². The summed E-state index contributed by atoms with van der Waals surface area (Å²) in [6.45, 7) is 6.74. The fourth-order valence-electron chi connectivity index (χ4n) is 4.69. The van der Waals surface area contributed by atoms with E-state index < -0.39 is 0 Å². The molecule has 2 aliphatic heterocycles. The molecule has 2 fully saturated rings. The van der Waals surface area contributed by atoms with E-state index in [0.717, 1.165) is 70.3 Å². The third-order valence-corrected chi connectivity index (χ3v) is 8.11. The lowest BCUT2D eigenvalue weighted by molar-refractivity contribution is -0.139. The Morgan fingerprint density at radius 2 is 1.83 bits per heavy atom. The van der Waals surface area contributed by atoms with Gasteiger partial charge in [0.2, 0.25) is 11.8 Å². The Bertz CT molecular complexity index is 671. The van der Waals surface area contributed by atoms with Crippen LogP contribution in [0.3, 0.4) is 0 Å². The molecular formula is C24H36N2O2S. The van der Waals surface area contributed by atoms with E-state index >= 15 is 0 Å². The number of unbranched alkanes of at least 4 members (excludes halogenated alkanes) is 1. The summed E-state index contributed by atoms with van der Waals surface area (Å²) in [6.07, 6.45) is 7.40. The number of carbonyl (C=O) groups is 2. The molecule has 0 saturated carbocycles. The minimum absolute atomic E-state index is 0.0876. The first kappa shape index (κ1) is 22.2. The van der Waals surface area contributed by atoms with Crippen molar-refractivity contribution in [3.8, 4) is 0 Å². The van der Waals surface area contributed by atoms with E-state index in [2.05, 4.69) is 35.8 Å². The molecule has 4 nitrogen and oxygen atoms in total. The van der Waals surface area contributed by atoms with Crippen LogP contribution in [0.25, 0.3) is 0 Å². The van der Waals surface area contributed by atoms with Gasteiger partial charge in [-0.15, -0.1) is 11.8 Å². The maximum Gasteiger partial charge on any atom is 0.225 e. The normalized spacial score (nSPS) is 19.5. The predicted octanol–water partition coefficient (Wildman–Crippen LogP) is 4.73. The zero-order valence-corrected chi connectivity index (χ0v) is 18.9.